The molecule has 0 saturated carbocycles. The maximum Gasteiger partial charge on any atom is -0.00258 e. The van der Waals surface area contributed by atoms with Gasteiger partial charge in [0.25, 0.3) is 0 Å². The zero-order valence-corrected chi connectivity index (χ0v) is 8.13. The summed E-state index contributed by atoms with van der Waals surface area (Å²) >= 11 is 1.91. The van der Waals surface area contributed by atoms with Gasteiger partial charge < -0.3 is 5.73 Å². The summed E-state index contributed by atoms with van der Waals surface area (Å²) in [6, 6.07) is 0. The second-order valence-corrected chi connectivity index (χ2v) is 4.45. The van der Waals surface area contributed by atoms with Crippen molar-refractivity contribution in [2.45, 2.75) is 26.7 Å². The van der Waals surface area contributed by atoms with Crippen LogP contribution in [-0.4, -0.2) is 18.6 Å². The molecule has 0 radical (unpaired) electrons. The van der Waals surface area contributed by atoms with Gasteiger partial charge in [-0.25, -0.2) is 0 Å². The van der Waals surface area contributed by atoms with E-state index in [9.17, 15) is 0 Å². The molecular formula is C8H19NS. The highest BCUT2D eigenvalue weighted by Gasteiger charge is 2.13. The normalized spacial score (nSPS) is 12.0. The van der Waals surface area contributed by atoms with Gasteiger partial charge in [0.2, 0.25) is 0 Å². The Bertz CT molecular complexity index is 81.3. The van der Waals surface area contributed by atoms with Crippen LogP contribution in [0.5, 0.6) is 0 Å². The van der Waals surface area contributed by atoms with Crippen molar-refractivity contribution in [1.82, 2.24) is 0 Å². The van der Waals surface area contributed by atoms with E-state index in [-0.39, 0.29) is 0 Å². The van der Waals surface area contributed by atoms with E-state index >= 15 is 0 Å². The zero-order valence-electron chi connectivity index (χ0n) is 7.31. The lowest BCUT2D eigenvalue weighted by molar-refractivity contribution is 0.345. The van der Waals surface area contributed by atoms with Gasteiger partial charge in [-0.1, -0.05) is 13.8 Å². The van der Waals surface area contributed by atoms with Gasteiger partial charge in [-0.05, 0) is 36.8 Å². The summed E-state index contributed by atoms with van der Waals surface area (Å²) in [6.07, 6.45) is 4.70. The van der Waals surface area contributed by atoms with Crippen molar-refractivity contribution >= 4 is 11.8 Å². The third-order valence-electron chi connectivity index (χ3n) is 1.75. The van der Waals surface area contributed by atoms with E-state index in [0.717, 1.165) is 6.54 Å². The third-order valence-corrected chi connectivity index (χ3v) is 2.45. The minimum atomic E-state index is 0.357. The molecule has 0 amide bonds. The molecule has 1 nitrogen and oxygen atoms in total. The topological polar surface area (TPSA) is 26.0 Å². The monoisotopic (exact) mass is 161 g/mol. The Hall–Kier alpha value is 0.310. The fourth-order valence-electron chi connectivity index (χ4n) is 0.797. The lowest BCUT2D eigenvalue weighted by Crippen LogP contribution is -2.23. The second-order valence-electron chi connectivity index (χ2n) is 3.46. The summed E-state index contributed by atoms with van der Waals surface area (Å²) in [5.41, 5.74) is 5.94. The lowest BCUT2D eigenvalue weighted by atomic mass is 9.88. The van der Waals surface area contributed by atoms with Crippen molar-refractivity contribution in [1.29, 1.82) is 0 Å². The molecule has 0 aromatic carbocycles. The van der Waals surface area contributed by atoms with Gasteiger partial charge in [-0.3, -0.25) is 0 Å². The molecule has 62 valence electrons. The van der Waals surface area contributed by atoms with Crippen LogP contribution in [0.2, 0.25) is 0 Å². The standard InChI is InChI=1S/C8H19NS/c1-8(2,7-9)5-4-6-10-3/h4-7,9H2,1-3H3. The summed E-state index contributed by atoms with van der Waals surface area (Å²) in [7, 11) is 0. The van der Waals surface area contributed by atoms with E-state index in [0.29, 0.717) is 5.41 Å². The average Bonchev–Trinajstić information content (AvgIpc) is 1.89. The predicted octanol–water partition coefficient (Wildman–Crippen LogP) is 2.11. The highest BCUT2D eigenvalue weighted by Crippen LogP contribution is 2.20. The van der Waals surface area contributed by atoms with Crippen molar-refractivity contribution in [2.24, 2.45) is 11.1 Å². The smallest absolute Gasteiger partial charge is 0.00258 e. The Kier molecular flexibility index (Phi) is 5.18. The fraction of sp³-hybridized carbons (Fsp3) is 1.00. The highest BCUT2D eigenvalue weighted by molar-refractivity contribution is 7.98. The van der Waals surface area contributed by atoms with Crippen LogP contribution in [-0.2, 0) is 0 Å². The Morgan fingerprint density at radius 2 is 2.00 bits per heavy atom. The molecule has 0 aromatic rings. The first-order valence-corrected chi connectivity index (χ1v) is 5.21. The number of hydrogen-bond acceptors (Lipinski definition) is 2. The van der Waals surface area contributed by atoms with Crippen molar-refractivity contribution < 1.29 is 0 Å². The number of thioether (sulfide) groups is 1. The molecule has 10 heavy (non-hydrogen) atoms. The van der Waals surface area contributed by atoms with Crippen molar-refractivity contribution in [3.63, 3.8) is 0 Å². The average molecular weight is 161 g/mol. The molecule has 0 fully saturated rings. The molecule has 0 bridgehead atoms. The number of hydrogen-bond donors (Lipinski definition) is 1. The van der Waals surface area contributed by atoms with Crippen molar-refractivity contribution in [3.8, 4) is 0 Å². The summed E-state index contributed by atoms with van der Waals surface area (Å²) in [5.74, 6) is 1.27. The van der Waals surface area contributed by atoms with Crippen LogP contribution < -0.4 is 5.73 Å². The first-order chi connectivity index (χ1) is 4.62. The van der Waals surface area contributed by atoms with Gasteiger partial charge in [-0.2, -0.15) is 11.8 Å². The molecule has 0 spiro atoms. The van der Waals surface area contributed by atoms with E-state index in [1.165, 1.54) is 18.6 Å². The van der Waals surface area contributed by atoms with E-state index < -0.39 is 0 Å². The van der Waals surface area contributed by atoms with Crippen LogP contribution in [0.4, 0.5) is 0 Å². The lowest BCUT2D eigenvalue weighted by Gasteiger charge is -2.21. The van der Waals surface area contributed by atoms with Crippen LogP contribution >= 0.6 is 11.8 Å². The van der Waals surface area contributed by atoms with Gasteiger partial charge in [-0.15, -0.1) is 0 Å². The minimum absolute atomic E-state index is 0.357. The zero-order chi connectivity index (χ0) is 8.04. The first kappa shape index (κ1) is 10.3. The Labute approximate surface area is 68.8 Å². The molecule has 0 heterocycles. The van der Waals surface area contributed by atoms with E-state index in [4.69, 9.17) is 5.73 Å². The van der Waals surface area contributed by atoms with Gasteiger partial charge in [0.1, 0.15) is 0 Å². The highest BCUT2D eigenvalue weighted by atomic mass is 32.2. The van der Waals surface area contributed by atoms with Crippen molar-refractivity contribution in [2.75, 3.05) is 18.6 Å². The largest absolute Gasteiger partial charge is 0.330 e. The van der Waals surface area contributed by atoms with Crippen LogP contribution in [0.25, 0.3) is 0 Å². The van der Waals surface area contributed by atoms with Crippen LogP contribution in [0.15, 0.2) is 0 Å². The predicted molar refractivity (Wildman–Crippen MR) is 50.5 cm³/mol. The Morgan fingerprint density at radius 1 is 1.40 bits per heavy atom. The van der Waals surface area contributed by atoms with Crippen LogP contribution in [0, 0.1) is 5.41 Å². The molecular weight excluding hydrogens is 142 g/mol. The summed E-state index contributed by atoms with van der Waals surface area (Å²) in [4.78, 5) is 0. The van der Waals surface area contributed by atoms with Gasteiger partial charge >= 0.3 is 0 Å². The molecule has 0 aliphatic rings. The summed E-state index contributed by atoms with van der Waals surface area (Å²) in [5, 5.41) is 0. The maximum absolute atomic E-state index is 5.58. The van der Waals surface area contributed by atoms with E-state index in [2.05, 4.69) is 20.1 Å². The molecule has 2 N–H and O–H groups in total. The van der Waals surface area contributed by atoms with Crippen LogP contribution in [0.1, 0.15) is 26.7 Å². The molecule has 0 aliphatic carbocycles. The first-order valence-electron chi connectivity index (χ1n) is 3.81. The summed E-state index contributed by atoms with van der Waals surface area (Å²) in [6.45, 7) is 5.27. The molecule has 0 aliphatic heterocycles. The molecule has 0 unspecified atom stereocenters. The molecule has 0 aromatic heterocycles. The van der Waals surface area contributed by atoms with Crippen molar-refractivity contribution in [3.05, 3.63) is 0 Å². The molecule has 0 saturated heterocycles. The maximum atomic E-state index is 5.58. The Balaban J connectivity index is 3.28. The van der Waals surface area contributed by atoms with Gasteiger partial charge in [0.15, 0.2) is 0 Å². The number of nitrogens with two attached hydrogens (primary N) is 1. The molecule has 0 rings (SSSR count). The third kappa shape index (κ3) is 5.12. The summed E-state index contributed by atoms with van der Waals surface area (Å²) < 4.78 is 0. The fourth-order valence-corrected chi connectivity index (χ4v) is 1.23. The quantitative estimate of drug-likeness (QED) is 0.625. The van der Waals surface area contributed by atoms with Gasteiger partial charge in [0.05, 0.1) is 0 Å². The van der Waals surface area contributed by atoms with Gasteiger partial charge in [0, 0.05) is 0 Å². The van der Waals surface area contributed by atoms with Crippen LogP contribution in [0.3, 0.4) is 0 Å². The minimum Gasteiger partial charge on any atom is -0.330 e. The van der Waals surface area contributed by atoms with E-state index in [1.54, 1.807) is 0 Å². The second kappa shape index (κ2) is 5.03. The van der Waals surface area contributed by atoms with E-state index in [1.807, 2.05) is 11.8 Å². The molecule has 0 atom stereocenters. The molecule has 2 heteroatoms. The SMILES string of the molecule is CSCCCC(C)(C)CN. The number of rotatable bonds is 5. The Morgan fingerprint density at radius 3 is 2.40 bits per heavy atom.